The zero-order valence-corrected chi connectivity index (χ0v) is 14.8. The summed E-state index contributed by atoms with van der Waals surface area (Å²) >= 11 is 1.60. The number of benzene rings is 2. The van der Waals surface area contributed by atoms with Crippen molar-refractivity contribution in [2.45, 2.75) is 23.5 Å². The van der Waals surface area contributed by atoms with E-state index >= 15 is 0 Å². The normalized spacial score (nSPS) is 15.3. The highest BCUT2D eigenvalue weighted by Gasteiger charge is 2.27. The molecule has 1 unspecified atom stereocenters. The number of carbonyl (C=O) groups excluding carboxylic acids is 2. The van der Waals surface area contributed by atoms with Crippen molar-refractivity contribution < 1.29 is 14.3 Å². The molecule has 0 saturated heterocycles. The fraction of sp³-hybridized carbons (Fsp3) is 0.263. The molecule has 0 bridgehead atoms. The van der Waals surface area contributed by atoms with Gasteiger partial charge in [-0.1, -0.05) is 18.2 Å². The van der Waals surface area contributed by atoms with Crippen molar-refractivity contribution in [2.24, 2.45) is 0 Å². The van der Waals surface area contributed by atoms with Crippen molar-refractivity contribution in [2.75, 3.05) is 18.5 Å². The van der Waals surface area contributed by atoms with E-state index in [1.165, 1.54) is 10.5 Å². The van der Waals surface area contributed by atoms with Crippen LogP contribution >= 0.6 is 11.8 Å². The van der Waals surface area contributed by atoms with Crippen molar-refractivity contribution in [3.05, 3.63) is 54.1 Å². The molecule has 0 aliphatic carbocycles. The van der Waals surface area contributed by atoms with Gasteiger partial charge in [0.25, 0.3) is 5.91 Å². The Balaban J connectivity index is 1.52. The summed E-state index contributed by atoms with van der Waals surface area (Å²) in [6.45, 7) is 2.42. The summed E-state index contributed by atoms with van der Waals surface area (Å²) in [6, 6.07) is 15.1. The lowest BCUT2D eigenvalue weighted by Crippen LogP contribution is -2.28. The van der Waals surface area contributed by atoms with E-state index in [2.05, 4.69) is 16.7 Å². The molecule has 0 saturated carbocycles. The number of hydrogen-bond donors (Lipinski definition) is 2. The van der Waals surface area contributed by atoms with Crippen molar-refractivity contribution in [3.63, 3.8) is 0 Å². The SMILES string of the molecule is CCNC(=O)COc1ccc(NC(=O)C2Cc3ccccc3S2)cc1. The van der Waals surface area contributed by atoms with E-state index in [9.17, 15) is 9.59 Å². The molecule has 3 rings (SSSR count). The van der Waals surface area contributed by atoms with Crippen LogP contribution in [0.1, 0.15) is 12.5 Å². The van der Waals surface area contributed by atoms with E-state index in [4.69, 9.17) is 4.74 Å². The Bertz CT molecular complexity index is 737. The first kappa shape index (κ1) is 17.4. The number of hydrogen-bond acceptors (Lipinski definition) is 4. The molecule has 25 heavy (non-hydrogen) atoms. The van der Waals surface area contributed by atoms with Crippen LogP contribution in [-0.2, 0) is 16.0 Å². The van der Waals surface area contributed by atoms with Crippen LogP contribution in [0.2, 0.25) is 0 Å². The van der Waals surface area contributed by atoms with Gasteiger partial charge < -0.3 is 15.4 Å². The van der Waals surface area contributed by atoms with E-state index in [0.717, 1.165) is 6.42 Å². The van der Waals surface area contributed by atoms with Gasteiger partial charge in [0.2, 0.25) is 5.91 Å². The quantitative estimate of drug-likeness (QED) is 0.835. The van der Waals surface area contributed by atoms with Crippen LogP contribution in [0.15, 0.2) is 53.4 Å². The second kappa shape index (κ2) is 8.07. The van der Waals surface area contributed by atoms with Crippen LogP contribution in [-0.4, -0.2) is 30.2 Å². The first-order valence-electron chi connectivity index (χ1n) is 8.20. The molecule has 6 heteroatoms. The highest BCUT2D eigenvalue weighted by Crippen LogP contribution is 2.37. The van der Waals surface area contributed by atoms with E-state index in [1.54, 1.807) is 36.0 Å². The number of nitrogens with one attached hydrogen (secondary N) is 2. The summed E-state index contributed by atoms with van der Waals surface area (Å²) in [6.07, 6.45) is 0.750. The Morgan fingerprint density at radius 2 is 1.92 bits per heavy atom. The minimum absolute atomic E-state index is 0.00260. The van der Waals surface area contributed by atoms with Crippen LogP contribution in [0.4, 0.5) is 5.69 Å². The van der Waals surface area contributed by atoms with E-state index in [1.807, 2.05) is 25.1 Å². The molecule has 2 amide bonds. The summed E-state index contributed by atoms with van der Waals surface area (Å²) in [5.41, 5.74) is 1.94. The molecule has 5 nitrogen and oxygen atoms in total. The number of anilines is 1. The lowest BCUT2D eigenvalue weighted by Gasteiger charge is -2.11. The van der Waals surface area contributed by atoms with Crippen LogP contribution in [0, 0.1) is 0 Å². The van der Waals surface area contributed by atoms with Crippen molar-refractivity contribution >= 4 is 29.3 Å². The first-order valence-corrected chi connectivity index (χ1v) is 9.08. The third-order valence-corrected chi connectivity index (χ3v) is 5.12. The van der Waals surface area contributed by atoms with Crippen LogP contribution in [0.25, 0.3) is 0 Å². The van der Waals surface area contributed by atoms with E-state index in [-0.39, 0.29) is 23.7 Å². The molecule has 2 aromatic carbocycles. The standard InChI is InChI=1S/C19H20N2O3S/c1-2-20-18(22)12-24-15-9-7-14(8-10-15)21-19(23)17-11-13-5-3-4-6-16(13)25-17/h3-10,17H,2,11-12H2,1H3,(H,20,22)(H,21,23). The van der Waals surface area contributed by atoms with Crippen LogP contribution in [0.5, 0.6) is 5.75 Å². The lowest BCUT2D eigenvalue weighted by molar-refractivity contribution is -0.123. The second-order valence-electron chi connectivity index (χ2n) is 5.67. The van der Waals surface area contributed by atoms with Gasteiger partial charge in [-0.2, -0.15) is 0 Å². The third-order valence-electron chi connectivity index (χ3n) is 3.81. The molecule has 2 aromatic rings. The van der Waals surface area contributed by atoms with E-state index < -0.39 is 0 Å². The molecule has 0 fully saturated rings. The molecular weight excluding hydrogens is 336 g/mol. The largest absolute Gasteiger partial charge is 0.484 e. The maximum Gasteiger partial charge on any atom is 0.257 e. The maximum atomic E-state index is 12.4. The number of carbonyl (C=O) groups is 2. The molecule has 0 spiro atoms. The number of amides is 2. The van der Waals surface area contributed by atoms with Gasteiger partial charge in [0.1, 0.15) is 5.75 Å². The number of ether oxygens (including phenoxy) is 1. The fourth-order valence-electron chi connectivity index (χ4n) is 2.58. The summed E-state index contributed by atoms with van der Waals surface area (Å²) in [4.78, 5) is 25.0. The van der Waals surface area contributed by atoms with Gasteiger partial charge in [-0.3, -0.25) is 9.59 Å². The van der Waals surface area contributed by atoms with Gasteiger partial charge in [0.15, 0.2) is 6.61 Å². The summed E-state index contributed by atoms with van der Waals surface area (Å²) in [5.74, 6) is 0.432. The smallest absolute Gasteiger partial charge is 0.257 e. The number of fused-ring (bicyclic) bond motifs is 1. The average Bonchev–Trinajstić information content (AvgIpc) is 3.06. The average molecular weight is 356 g/mol. The summed E-state index contributed by atoms with van der Waals surface area (Å²) < 4.78 is 5.39. The molecule has 1 atom stereocenters. The Labute approximate surface area is 151 Å². The minimum Gasteiger partial charge on any atom is -0.484 e. The molecule has 0 radical (unpaired) electrons. The third kappa shape index (κ3) is 4.54. The highest BCUT2D eigenvalue weighted by atomic mass is 32.2. The van der Waals surface area contributed by atoms with E-state index in [0.29, 0.717) is 18.0 Å². The zero-order chi connectivity index (χ0) is 17.6. The topological polar surface area (TPSA) is 67.4 Å². The molecule has 2 N–H and O–H groups in total. The minimum atomic E-state index is -0.155. The van der Waals surface area contributed by atoms with Gasteiger partial charge in [-0.15, -0.1) is 11.8 Å². The van der Waals surface area contributed by atoms with Gasteiger partial charge in [0, 0.05) is 17.1 Å². The molecule has 1 aliphatic heterocycles. The summed E-state index contributed by atoms with van der Waals surface area (Å²) in [7, 11) is 0. The van der Waals surface area contributed by atoms with Crippen LogP contribution < -0.4 is 15.4 Å². The Kier molecular flexibility index (Phi) is 5.60. The monoisotopic (exact) mass is 356 g/mol. The maximum absolute atomic E-state index is 12.4. The molecule has 1 aliphatic rings. The Hall–Kier alpha value is -2.47. The van der Waals surface area contributed by atoms with Gasteiger partial charge in [-0.25, -0.2) is 0 Å². The summed E-state index contributed by atoms with van der Waals surface area (Å²) in [5, 5.41) is 5.50. The number of rotatable bonds is 6. The number of likely N-dealkylation sites (N-methyl/N-ethyl adjacent to an activating group) is 1. The first-order chi connectivity index (χ1) is 12.2. The predicted octanol–water partition coefficient (Wildman–Crippen LogP) is 2.86. The van der Waals surface area contributed by atoms with Gasteiger partial charge in [0.05, 0.1) is 5.25 Å². The molecule has 0 aromatic heterocycles. The van der Waals surface area contributed by atoms with Crippen molar-refractivity contribution in [3.8, 4) is 5.75 Å². The van der Waals surface area contributed by atoms with Crippen molar-refractivity contribution in [1.82, 2.24) is 5.32 Å². The Morgan fingerprint density at radius 3 is 2.64 bits per heavy atom. The molecular formula is C19H20N2O3S. The highest BCUT2D eigenvalue weighted by molar-refractivity contribution is 8.01. The predicted molar refractivity (Wildman–Crippen MR) is 99.0 cm³/mol. The number of thioether (sulfide) groups is 1. The fourth-order valence-corrected chi connectivity index (χ4v) is 3.78. The Morgan fingerprint density at radius 1 is 1.16 bits per heavy atom. The zero-order valence-electron chi connectivity index (χ0n) is 14.0. The molecule has 130 valence electrons. The molecule has 1 heterocycles. The van der Waals surface area contributed by atoms with Gasteiger partial charge >= 0.3 is 0 Å². The second-order valence-corrected chi connectivity index (χ2v) is 6.92. The lowest BCUT2D eigenvalue weighted by atomic mass is 10.1. The van der Waals surface area contributed by atoms with Crippen LogP contribution in [0.3, 0.4) is 0 Å². The van der Waals surface area contributed by atoms with Crippen molar-refractivity contribution in [1.29, 1.82) is 0 Å². The van der Waals surface area contributed by atoms with Gasteiger partial charge in [-0.05, 0) is 49.2 Å².